The second-order valence-electron chi connectivity index (χ2n) is 5.56. The number of nitro benzene ring substituents is 1. The van der Waals surface area contributed by atoms with Gasteiger partial charge in [-0.2, -0.15) is 0 Å². The number of barbiturate groups is 1. The van der Waals surface area contributed by atoms with Gasteiger partial charge in [0.15, 0.2) is 0 Å². The molecule has 0 aromatic heterocycles. The molecule has 2 N–H and O–H groups in total. The molecule has 1 heterocycles. The van der Waals surface area contributed by atoms with E-state index in [0.29, 0.717) is 4.90 Å². The summed E-state index contributed by atoms with van der Waals surface area (Å²) < 4.78 is 13.1. The van der Waals surface area contributed by atoms with E-state index in [-0.39, 0.29) is 15.7 Å². The Morgan fingerprint density at radius 3 is 2.43 bits per heavy atom. The number of benzene rings is 2. The summed E-state index contributed by atoms with van der Waals surface area (Å²) in [6.07, 6.45) is 0.924. The molecule has 3 rings (SSSR count). The number of rotatable bonds is 3. The molecule has 0 saturated carbocycles. The number of non-ortho nitro benzene ring substituents is 1. The standard InChI is InChI=1S/C17H9BrFN3O6/c18-13-7-11(22(27)28)5-8(14(13)23)6-12-15(24)20-17(26)21(16(12)25)10-3-1-9(19)2-4-10/h1-7,23H,(H,20,24,26)/b12-6+. The van der Waals surface area contributed by atoms with Crippen LogP contribution in [0, 0.1) is 15.9 Å². The van der Waals surface area contributed by atoms with Crippen molar-refractivity contribution in [2.24, 2.45) is 0 Å². The third-order valence-corrected chi connectivity index (χ3v) is 4.38. The lowest BCUT2D eigenvalue weighted by atomic mass is 10.1. The maximum absolute atomic E-state index is 13.1. The molecule has 4 amide bonds. The monoisotopic (exact) mass is 449 g/mol. The molecule has 11 heteroatoms. The van der Waals surface area contributed by atoms with Crippen molar-refractivity contribution in [1.29, 1.82) is 0 Å². The zero-order chi connectivity index (χ0) is 20.6. The highest BCUT2D eigenvalue weighted by Crippen LogP contribution is 2.34. The van der Waals surface area contributed by atoms with Gasteiger partial charge in [0.2, 0.25) is 0 Å². The summed E-state index contributed by atoms with van der Waals surface area (Å²) in [7, 11) is 0. The van der Waals surface area contributed by atoms with Crippen LogP contribution in [0.5, 0.6) is 5.75 Å². The number of nitro groups is 1. The summed E-state index contributed by atoms with van der Waals surface area (Å²) in [5.41, 5.74) is -1.13. The third kappa shape index (κ3) is 3.47. The first-order valence-corrected chi connectivity index (χ1v) is 8.32. The molecule has 1 saturated heterocycles. The lowest BCUT2D eigenvalue weighted by molar-refractivity contribution is -0.385. The minimum Gasteiger partial charge on any atom is -0.506 e. The molecule has 2 aromatic carbocycles. The molecule has 1 aliphatic rings. The van der Waals surface area contributed by atoms with Crippen LogP contribution in [-0.4, -0.2) is 27.9 Å². The van der Waals surface area contributed by atoms with Gasteiger partial charge in [-0.25, -0.2) is 14.1 Å². The summed E-state index contributed by atoms with van der Waals surface area (Å²) in [5, 5.41) is 23.0. The summed E-state index contributed by atoms with van der Waals surface area (Å²) in [4.78, 5) is 47.8. The quantitative estimate of drug-likeness (QED) is 0.320. The molecule has 9 nitrogen and oxygen atoms in total. The van der Waals surface area contributed by atoms with Crippen molar-refractivity contribution in [2.75, 3.05) is 4.90 Å². The van der Waals surface area contributed by atoms with Gasteiger partial charge in [0.05, 0.1) is 15.1 Å². The molecule has 1 aliphatic heterocycles. The molecule has 0 bridgehead atoms. The third-order valence-electron chi connectivity index (χ3n) is 3.77. The predicted molar refractivity (Wildman–Crippen MR) is 97.9 cm³/mol. The summed E-state index contributed by atoms with van der Waals surface area (Å²) >= 11 is 2.96. The number of carbonyl (C=O) groups is 3. The number of urea groups is 1. The van der Waals surface area contributed by atoms with Crippen LogP contribution >= 0.6 is 15.9 Å². The van der Waals surface area contributed by atoms with E-state index in [0.717, 1.165) is 30.3 Å². The Morgan fingerprint density at radius 2 is 1.82 bits per heavy atom. The van der Waals surface area contributed by atoms with Crippen molar-refractivity contribution < 1.29 is 28.8 Å². The molecule has 0 radical (unpaired) electrons. The fraction of sp³-hybridized carbons (Fsp3) is 0. The lowest BCUT2D eigenvalue weighted by Gasteiger charge is -2.26. The molecule has 0 spiro atoms. The predicted octanol–water partition coefficient (Wildman–Crippen LogP) is 2.87. The van der Waals surface area contributed by atoms with E-state index >= 15 is 0 Å². The Morgan fingerprint density at radius 1 is 1.18 bits per heavy atom. The molecule has 1 fully saturated rings. The molecule has 0 aliphatic carbocycles. The van der Waals surface area contributed by atoms with Crippen LogP contribution in [0.2, 0.25) is 0 Å². The Bertz CT molecular complexity index is 1070. The van der Waals surface area contributed by atoms with E-state index < -0.39 is 45.6 Å². The molecule has 0 unspecified atom stereocenters. The normalized spacial score (nSPS) is 15.7. The van der Waals surface area contributed by atoms with Crippen LogP contribution in [0.1, 0.15) is 5.56 Å². The number of phenolic OH excluding ortho intramolecular Hbond substituents is 1. The number of anilines is 1. The van der Waals surface area contributed by atoms with Crippen molar-refractivity contribution >= 4 is 51.2 Å². The van der Waals surface area contributed by atoms with Crippen LogP contribution in [0.4, 0.5) is 20.6 Å². The number of hydrogen-bond acceptors (Lipinski definition) is 6. The molecule has 28 heavy (non-hydrogen) atoms. The highest BCUT2D eigenvalue weighted by molar-refractivity contribution is 9.10. The number of halogens is 2. The van der Waals surface area contributed by atoms with Gasteiger partial charge in [-0.15, -0.1) is 0 Å². The summed E-state index contributed by atoms with van der Waals surface area (Å²) in [6, 6.07) is 5.37. The first-order valence-electron chi connectivity index (χ1n) is 7.53. The fourth-order valence-electron chi connectivity index (χ4n) is 2.46. The van der Waals surface area contributed by atoms with E-state index in [2.05, 4.69) is 15.9 Å². The molecule has 2 aromatic rings. The molecular weight excluding hydrogens is 441 g/mol. The SMILES string of the molecule is O=C1NC(=O)N(c2ccc(F)cc2)C(=O)/C1=C/c1cc([N+](=O)[O-])cc(Br)c1O. The first-order chi connectivity index (χ1) is 13.2. The van der Waals surface area contributed by atoms with Crippen molar-refractivity contribution in [3.05, 3.63) is 67.9 Å². The minimum atomic E-state index is -1.05. The molecule has 0 atom stereocenters. The van der Waals surface area contributed by atoms with Gasteiger partial charge in [0, 0.05) is 17.7 Å². The minimum absolute atomic E-state index is 0.00625. The van der Waals surface area contributed by atoms with Crippen LogP contribution in [0.3, 0.4) is 0 Å². The van der Waals surface area contributed by atoms with Gasteiger partial charge >= 0.3 is 6.03 Å². The largest absolute Gasteiger partial charge is 0.506 e. The Labute approximate surface area is 164 Å². The van der Waals surface area contributed by atoms with Crippen LogP contribution < -0.4 is 10.2 Å². The molecule has 142 valence electrons. The Kier molecular flexibility index (Phi) is 4.92. The van der Waals surface area contributed by atoms with Gasteiger partial charge in [-0.3, -0.25) is 25.0 Å². The van der Waals surface area contributed by atoms with E-state index in [1.807, 2.05) is 5.32 Å². The van der Waals surface area contributed by atoms with Crippen LogP contribution in [0.25, 0.3) is 6.08 Å². The first kappa shape index (κ1) is 19.2. The van der Waals surface area contributed by atoms with Gasteiger partial charge in [-0.05, 0) is 46.3 Å². The van der Waals surface area contributed by atoms with E-state index in [1.165, 1.54) is 12.1 Å². The fourth-order valence-corrected chi connectivity index (χ4v) is 2.92. The van der Waals surface area contributed by atoms with E-state index in [4.69, 9.17) is 0 Å². The van der Waals surface area contributed by atoms with Gasteiger partial charge < -0.3 is 5.11 Å². The van der Waals surface area contributed by atoms with Gasteiger partial charge in [0.1, 0.15) is 17.1 Å². The van der Waals surface area contributed by atoms with Crippen molar-refractivity contribution in [2.45, 2.75) is 0 Å². The number of imide groups is 2. The van der Waals surface area contributed by atoms with Gasteiger partial charge in [-0.1, -0.05) is 0 Å². The zero-order valence-electron chi connectivity index (χ0n) is 13.7. The number of aromatic hydroxyl groups is 1. The van der Waals surface area contributed by atoms with E-state index in [1.54, 1.807) is 0 Å². The number of phenols is 1. The number of nitrogens with one attached hydrogen (secondary N) is 1. The van der Waals surface area contributed by atoms with Crippen molar-refractivity contribution in [1.82, 2.24) is 5.32 Å². The average molecular weight is 450 g/mol. The average Bonchev–Trinajstić information content (AvgIpc) is 2.63. The zero-order valence-corrected chi connectivity index (χ0v) is 15.3. The maximum atomic E-state index is 13.1. The number of nitrogens with zero attached hydrogens (tertiary/aromatic N) is 2. The van der Waals surface area contributed by atoms with E-state index in [9.17, 15) is 34.0 Å². The van der Waals surface area contributed by atoms with Crippen molar-refractivity contribution in [3.8, 4) is 5.75 Å². The van der Waals surface area contributed by atoms with Gasteiger partial charge in [0.25, 0.3) is 17.5 Å². The summed E-state index contributed by atoms with van der Waals surface area (Å²) in [6.45, 7) is 0. The number of carbonyl (C=O) groups excluding carboxylic acids is 3. The number of hydrogen-bond donors (Lipinski definition) is 2. The van der Waals surface area contributed by atoms with Crippen molar-refractivity contribution in [3.63, 3.8) is 0 Å². The highest BCUT2D eigenvalue weighted by Gasteiger charge is 2.37. The smallest absolute Gasteiger partial charge is 0.335 e. The Balaban J connectivity index is 2.09. The second kappa shape index (κ2) is 7.19. The van der Waals surface area contributed by atoms with Crippen LogP contribution in [0.15, 0.2) is 46.4 Å². The maximum Gasteiger partial charge on any atom is 0.335 e. The highest BCUT2D eigenvalue weighted by atomic mass is 79.9. The lowest BCUT2D eigenvalue weighted by Crippen LogP contribution is -2.54. The summed E-state index contributed by atoms with van der Waals surface area (Å²) in [5.74, 6) is -3.12. The Hall–Kier alpha value is -3.60. The topological polar surface area (TPSA) is 130 Å². The number of amides is 4. The second-order valence-corrected chi connectivity index (χ2v) is 6.41. The molecular formula is C17H9BrFN3O6. The van der Waals surface area contributed by atoms with Crippen LogP contribution in [-0.2, 0) is 9.59 Å².